The van der Waals surface area contributed by atoms with Crippen molar-refractivity contribution >= 4 is 38.8 Å². The number of aliphatic hydroxyl groups is 1. The number of aromatic nitrogens is 2. The molecule has 0 atom stereocenters. The van der Waals surface area contributed by atoms with Crippen LogP contribution in [0.4, 0.5) is 0 Å². The van der Waals surface area contributed by atoms with E-state index in [1.54, 1.807) is 0 Å². The molecule has 6 rings (SSSR count). The van der Waals surface area contributed by atoms with Gasteiger partial charge in [0, 0.05) is 54.8 Å². The molecule has 0 spiro atoms. The Balaban J connectivity index is 0.000000279. The standard InChI is InChI=1S/C29H27N2O.C13H24O2.Ir/c1-16-11-13-18-22-23-19(14-12-17(15-28(2,3)4)26(23)32-25(16)22)29(5,6)27-24(18)30-20-9-7-8-10-21(20)31-27;1-5-10(6-2)12(14)9-13(15)11(7-3)8-4;/h7-12,14H,15H2,1-6H3;9-11,14H,5-8H2,1-4H3;/q-1;;/b;12-9-;. The van der Waals surface area contributed by atoms with E-state index in [0.29, 0.717) is 0 Å². The van der Waals surface area contributed by atoms with Crippen molar-refractivity contribution in [2.24, 2.45) is 17.3 Å². The van der Waals surface area contributed by atoms with E-state index in [9.17, 15) is 9.90 Å². The SMILES string of the molecule is CCC(CC)C(=O)/C=C(\O)C(CC)CC.Cc1c[c-]c2c3c1oc1c(CC(C)(C)C)ccc(c13)C(C)(C)c1nc3ccccc3nc1-2.[Ir]. The van der Waals surface area contributed by atoms with Crippen LogP contribution in [-0.2, 0) is 36.7 Å². The molecule has 2 aromatic heterocycles. The summed E-state index contributed by atoms with van der Waals surface area (Å²) in [6.45, 7) is 21.5. The second-order valence-corrected chi connectivity index (χ2v) is 14.9. The fourth-order valence-corrected chi connectivity index (χ4v) is 7.03. The first-order chi connectivity index (χ1) is 22.2. The van der Waals surface area contributed by atoms with Crippen molar-refractivity contribution in [3.05, 3.63) is 82.8 Å². The molecule has 48 heavy (non-hydrogen) atoms. The number of hydrogen-bond acceptors (Lipinski definition) is 5. The summed E-state index contributed by atoms with van der Waals surface area (Å²) in [6.07, 6.45) is 5.86. The maximum absolute atomic E-state index is 11.7. The molecule has 3 aromatic carbocycles. The molecule has 1 aliphatic carbocycles. The molecule has 6 heteroatoms. The number of carbonyl (C=O) groups excluding carboxylic acids is 1. The minimum Gasteiger partial charge on any atom is -0.512 e. The Labute approximate surface area is 300 Å². The fraction of sp³-hybridized carbons (Fsp3) is 0.452. The van der Waals surface area contributed by atoms with Gasteiger partial charge in [0.2, 0.25) is 0 Å². The van der Waals surface area contributed by atoms with E-state index in [-0.39, 0.29) is 54.3 Å². The summed E-state index contributed by atoms with van der Waals surface area (Å²) in [7, 11) is 0. The average molecular weight is 824 g/mol. The van der Waals surface area contributed by atoms with Gasteiger partial charge < -0.3 is 9.52 Å². The summed E-state index contributed by atoms with van der Waals surface area (Å²) in [5.74, 6) is 0.547. The van der Waals surface area contributed by atoms with Crippen LogP contribution in [0.25, 0.3) is 44.2 Å². The van der Waals surface area contributed by atoms with E-state index < -0.39 is 0 Å². The summed E-state index contributed by atoms with van der Waals surface area (Å²) >= 11 is 0. The van der Waals surface area contributed by atoms with Gasteiger partial charge in [-0.1, -0.05) is 104 Å². The van der Waals surface area contributed by atoms with Gasteiger partial charge in [-0.2, -0.15) is 0 Å². The number of allylic oxidation sites excluding steroid dienone is 2. The first-order valence-electron chi connectivity index (χ1n) is 17.4. The molecule has 0 saturated carbocycles. The fourth-order valence-electron chi connectivity index (χ4n) is 7.03. The van der Waals surface area contributed by atoms with Crippen molar-refractivity contribution in [3.8, 4) is 11.3 Å². The number of para-hydroxylation sites is 2. The van der Waals surface area contributed by atoms with Gasteiger partial charge in [-0.05, 0) is 66.2 Å². The van der Waals surface area contributed by atoms with E-state index in [0.717, 1.165) is 82.2 Å². The van der Waals surface area contributed by atoms with Gasteiger partial charge in [-0.15, -0.1) is 17.7 Å². The third kappa shape index (κ3) is 7.02. The minimum absolute atomic E-state index is 0. The quantitative estimate of drug-likeness (QED) is 0.0958. The van der Waals surface area contributed by atoms with E-state index in [4.69, 9.17) is 14.4 Å². The van der Waals surface area contributed by atoms with E-state index in [1.807, 2.05) is 58.0 Å². The van der Waals surface area contributed by atoms with Gasteiger partial charge in [0.25, 0.3) is 0 Å². The Morgan fingerprint density at radius 2 is 1.52 bits per heavy atom. The van der Waals surface area contributed by atoms with Crippen molar-refractivity contribution in [2.45, 2.75) is 107 Å². The summed E-state index contributed by atoms with van der Waals surface area (Å²) in [5, 5.41) is 12.1. The van der Waals surface area contributed by atoms with Crippen molar-refractivity contribution in [3.63, 3.8) is 0 Å². The van der Waals surface area contributed by atoms with Crippen LogP contribution in [-0.4, -0.2) is 20.9 Å². The number of nitrogens with zero attached hydrogens (tertiary/aromatic N) is 2. The Hall–Kier alpha value is -3.34. The number of fused-ring (bicyclic) bond motifs is 3. The number of carbonyl (C=O) groups is 1. The van der Waals surface area contributed by atoms with Gasteiger partial charge in [-0.3, -0.25) is 14.8 Å². The van der Waals surface area contributed by atoms with Crippen molar-refractivity contribution in [1.29, 1.82) is 0 Å². The molecular weight excluding hydrogens is 773 g/mol. The molecule has 0 unspecified atom stereocenters. The average Bonchev–Trinajstić information content (AvgIpc) is 3.40. The summed E-state index contributed by atoms with van der Waals surface area (Å²) < 4.78 is 6.65. The maximum atomic E-state index is 11.7. The smallest absolute Gasteiger partial charge is 0.162 e. The minimum atomic E-state index is -0.331. The topological polar surface area (TPSA) is 76.2 Å². The number of benzene rings is 3. The van der Waals surface area contributed by atoms with Crippen LogP contribution in [0, 0.1) is 30.2 Å². The van der Waals surface area contributed by atoms with Crippen molar-refractivity contribution in [1.82, 2.24) is 9.97 Å². The Morgan fingerprint density at radius 1 is 0.917 bits per heavy atom. The number of rotatable bonds is 8. The van der Waals surface area contributed by atoms with Crippen LogP contribution >= 0.6 is 0 Å². The predicted molar refractivity (Wildman–Crippen MR) is 195 cm³/mol. The predicted octanol–water partition coefficient (Wildman–Crippen LogP) is 11.4. The third-order valence-corrected chi connectivity index (χ3v) is 9.84. The first-order valence-corrected chi connectivity index (χ1v) is 17.4. The number of aryl methyl sites for hydroxylation is 1. The summed E-state index contributed by atoms with van der Waals surface area (Å²) in [6, 6.07) is 18.2. The monoisotopic (exact) mass is 824 g/mol. The zero-order valence-corrected chi connectivity index (χ0v) is 32.7. The van der Waals surface area contributed by atoms with Crippen LogP contribution in [0.3, 0.4) is 0 Å². The largest absolute Gasteiger partial charge is 0.512 e. The van der Waals surface area contributed by atoms with Gasteiger partial charge in [-0.25, -0.2) is 0 Å². The zero-order valence-electron chi connectivity index (χ0n) is 30.3. The van der Waals surface area contributed by atoms with E-state index >= 15 is 0 Å². The van der Waals surface area contributed by atoms with Crippen molar-refractivity contribution in [2.75, 3.05) is 0 Å². The van der Waals surface area contributed by atoms with Gasteiger partial charge >= 0.3 is 0 Å². The summed E-state index contributed by atoms with van der Waals surface area (Å²) in [4.78, 5) is 22.0. The van der Waals surface area contributed by atoms with Crippen molar-refractivity contribution < 1.29 is 34.4 Å². The Morgan fingerprint density at radius 3 is 2.10 bits per heavy atom. The summed E-state index contributed by atoms with van der Waals surface area (Å²) in [5.41, 5.74) is 10.1. The van der Waals surface area contributed by atoms with Crippen LogP contribution in [0.2, 0.25) is 0 Å². The first kappa shape index (κ1) is 37.5. The zero-order chi connectivity index (χ0) is 34.3. The molecule has 0 fully saturated rings. The molecule has 0 aliphatic heterocycles. The normalized spacial score (nSPS) is 13.9. The van der Waals surface area contributed by atoms with Crippen LogP contribution < -0.4 is 0 Å². The molecule has 257 valence electrons. The number of ketones is 1. The number of aliphatic hydroxyl groups excluding tert-OH is 1. The molecule has 0 amide bonds. The third-order valence-electron chi connectivity index (χ3n) is 9.84. The molecule has 5 nitrogen and oxygen atoms in total. The van der Waals surface area contributed by atoms with Gasteiger partial charge in [0.15, 0.2) is 5.78 Å². The van der Waals surface area contributed by atoms with Crippen LogP contribution in [0.15, 0.2) is 58.7 Å². The maximum Gasteiger partial charge on any atom is 0.162 e. The molecule has 1 aliphatic rings. The molecular formula is C42H51IrN2O3-. The van der Waals surface area contributed by atoms with Gasteiger partial charge in [0.05, 0.1) is 22.4 Å². The second-order valence-electron chi connectivity index (χ2n) is 14.9. The molecule has 2 heterocycles. The Kier molecular flexibility index (Phi) is 11.4. The van der Waals surface area contributed by atoms with Gasteiger partial charge in [0.1, 0.15) is 5.58 Å². The van der Waals surface area contributed by atoms with E-state index in [1.165, 1.54) is 22.6 Å². The second kappa shape index (κ2) is 14.6. The molecule has 1 N–H and O–H groups in total. The molecule has 0 saturated heterocycles. The molecule has 5 aromatic rings. The Bertz CT molecular complexity index is 1970. The number of hydrogen-bond donors (Lipinski definition) is 1. The number of furan rings is 1. The van der Waals surface area contributed by atoms with E-state index in [2.05, 4.69) is 59.7 Å². The van der Waals surface area contributed by atoms with Crippen LogP contribution in [0.1, 0.15) is 110 Å². The molecule has 1 radical (unpaired) electrons. The molecule has 0 bridgehead atoms. The van der Waals surface area contributed by atoms with Crippen LogP contribution in [0.5, 0.6) is 0 Å².